The maximum Gasteiger partial charge on any atom is 0.339 e. The van der Waals surface area contributed by atoms with Crippen molar-refractivity contribution in [2.75, 3.05) is 26.3 Å². The Morgan fingerprint density at radius 1 is 0.971 bits per heavy atom. The summed E-state index contributed by atoms with van der Waals surface area (Å²) >= 11 is 0. The lowest BCUT2D eigenvalue weighted by Crippen LogP contribution is -2.56. The second kappa shape index (κ2) is 11.5. The predicted octanol–water partition coefficient (Wildman–Crippen LogP) is 2.02. The van der Waals surface area contributed by atoms with Gasteiger partial charge in [0.1, 0.15) is 6.04 Å². The lowest BCUT2D eigenvalue weighted by atomic mass is 9.85. The van der Waals surface area contributed by atoms with Crippen LogP contribution in [0.1, 0.15) is 50.5 Å². The van der Waals surface area contributed by atoms with Gasteiger partial charge in [0.15, 0.2) is 0 Å². The number of amides is 4. The number of ether oxygens (including phenoxy) is 1. The van der Waals surface area contributed by atoms with Crippen LogP contribution >= 0.6 is 0 Å². The third-order valence-electron chi connectivity index (χ3n) is 7.07. The summed E-state index contributed by atoms with van der Waals surface area (Å²) in [4.78, 5) is 53.4. The average Bonchev–Trinajstić information content (AvgIpc) is 3.22. The summed E-state index contributed by atoms with van der Waals surface area (Å²) in [6.07, 6.45) is 5.96. The van der Waals surface area contributed by atoms with Crippen molar-refractivity contribution in [3.05, 3.63) is 35.9 Å². The van der Waals surface area contributed by atoms with Gasteiger partial charge >= 0.3 is 11.9 Å². The normalized spacial score (nSPS) is 20.8. The smallest absolute Gasteiger partial charge is 0.339 e. The van der Waals surface area contributed by atoms with Gasteiger partial charge in [0.25, 0.3) is 0 Å². The van der Waals surface area contributed by atoms with E-state index in [0.29, 0.717) is 45.7 Å². The van der Waals surface area contributed by atoms with Crippen LogP contribution in [0.4, 0.5) is 4.79 Å². The maximum absolute atomic E-state index is 13.2. The molecule has 4 rings (SSSR count). The minimum atomic E-state index is -0.906. The number of rotatable bonds is 8. The Labute approximate surface area is 200 Å². The summed E-state index contributed by atoms with van der Waals surface area (Å²) in [6, 6.07) is 8.35. The van der Waals surface area contributed by atoms with Crippen molar-refractivity contribution >= 4 is 23.6 Å². The van der Waals surface area contributed by atoms with Gasteiger partial charge in [0, 0.05) is 32.2 Å². The summed E-state index contributed by atoms with van der Waals surface area (Å²) in [5.41, 5.74) is 3.48. The van der Waals surface area contributed by atoms with Gasteiger partial charge in [0.05, 0.1) is 6.54 Å². The van der Waals surface area contributed by atoms with E-state index in [0.717, 1.165) is 37.7 Å². The summed E-state index contributed by atoms with van der Waals surface area (Å²) in [5, 5.41) is 4.08. The third-order valence-corrected chi connectivity index (χ3v) is 7.07. The van der Waals surface area contributed by atoms with Crippen molar-refractivity contribution in [1.29, 1.82) is 0 Å². The van der Waals surface area contributed by atoms with Gasteiger partial charge in [-0.2, -0.15) is 0 Å². The molecule has 3 fully saturated rings. The van der Waals surface area contributed by atoms with Gasteiger partial charge in [-0.1, -0.05) is 49.6 Å². The first kappa shape index (κ1) is 24.2. The van der Waals surface area contributed by atoms with E-state index in [4.69, 9.17) is 4.74 Å². The first-order valence-corrected chi connectivity index (χ1v) is 12.4. The fourth-order valence-corrected chi connectivity index (χ4v) is 5.04. The standard InChI is InChI=1S/C25H34N4O5/c30-22(21(19-11-15-34-16-12-19)26-23(31)20-9-5-2-6-10-20)24(32)27-29-14-13-28(25(29)33)17-18-7-3-1-4-8-18/h1,3-4,7-8,19-21H,2,5-6,9-17H2,(H,26,31)(H,27,32). The first-order chi connectivity index (χ1) is 16.5. The highest BCUT2D eigenvalue weighted by Crippen LogP contribution is 2.25. The average molecular weight is 471 g/mol. The van der Waals surface area contributed by atoms with Crippen LogP contribution in [0.15, 0.2) is 30.3 Å². The molecule has 2 aliphatic heterocycles. The molecule has 184 valence electrons. The molecule has 3 aliphatic rings. The molecule has 2 heterocycles. The van der Waals surface area contributed by atoms with Crippen LogP contribution in [0.3, 0.4) is 0 Å². The molecule has 1 aromatic carbocycles. The molecular formula is C25H34N4O5. The number of nitrogens with zero attached hydrogens (tertiary/aromatic N) is 2. The second-order valence-electron chi connectivity index (χ2n) is 9.42. The zero-order valence-corrected chi connectivity index (χ0v) is 19.5. The van der Waals surface area contributed by atoms with E-state index in [1.165, 1.54) is 5.01 Å². The Morgan fingerprint density at radius 3 is 2.38 bits per heavy atom. The van der Waals surface area contributed by atoms with E-state index in [-0.39, 0.29) is 23.8 Å². The number of carbonyl (C=O) groups is 4. The van der Waals surface area contributed by atoms with E-state index >= 15 is 0 Å². The fraction of sp³-hybridized carbons (Fsp3) is 0.600. The van der Waals surface area contributed by atoms with Crippen LogP contribution in [0, 0.1) is 11.8 Å². The summed E-state index contributed by atoms with van der Waals surface area (Å²) in [5.74, 6) is -1.99. The Hall–Kier alpha value is -2.94. The van der Waals surface area contributed by atoms with Gasteiger partial charge in [-0.3, -0.25) is 19.8 Å². The minimum absolute atomic E-state index is 0.112. The number of hydrazine groups is 1. The molecule has 0 aromatic heterocycles. The van der Waals surface area contributed by atoms with Crippen LogP contribution in [0.5, 0.6) is 0 Å². The number of carbonyl (C=O) groups excluding carboxylic acids is 4. The molecule has 0 spiro atoms. The molecular weight excluding hydrogens is 436 g/mol. The fourth-order valence-electron chi connectivity index (χ4n) is 5.04. The topological polar surface area (TPSA) is 108 Å². The van der Waals surface area contributed by atoms with Crippen LogP contribution < -0.4 is 10.7 Å². The monoisotopic (exact) mass is 470 g/mol. The van der Waals surface area contributed by atoms with Gasteiger partial charge in [-0.25, -0.2) is 9.80 Å². The van der Waals surface area contributed by atoms with E-state index in [9.17, 15) is 19.2 Å². The number of urea groups is 1. The van der Waals surface area contributed by atoms with E-state index in [2.05, 4.69) is 10.7 Å². The SMILES string of the molecule is O=C(NN1CCN(Cc2ccccc2)C1=O)C(=O)C(NC(=O)C1CCCCC1)C1CCOCC1. The zero-order valence-electron chi connectivity index (χ0n) is 19.5. The van der Waals surface area contributed by atoms with Crippen LogP contribution in [-0.4, -0.2) is 65.9 Å². The van der Waals surface area contributed by atoms with E-state index in [1.807, 2.05) is 30.3 Å². The zero-order chi connectivity index (χ0) is 23.9. The molecule has 0 radical (unpaired) electrons. The lowest BCUT2D eigenvalue weighted by Gasteiger charge is -2.31. The molecule has 1 unspecified atom stereocenters. The van der Waals surface area contributed by atoms with Crippen molar-refractivity contribution < 1.29 is 23.9 Å². The summed E-state index contributed by atoms with van der Waals surface area (Å²) in [7, 11) is 0. The summed E-state index contributed by atoms with van der Waals surface area (Å²) in [6.45, 7) is 2.16. The number of hydrogen-bond donors (Lipinski definition) is 2. The van der Waals surface area contributed by atoms with Crippen LogP contribution in [0.2, 0.25) is 0 Å². The van der Waals surface area contributed by atoms with Crippen LogP contribution in [0.25, 0.3) is 0 Å². The quantitative estimate of drug-likeness (QED) is 0.565. The predicted molar refractivity (Wildman–Crippen MR) is 124 cm³/mol. The highest BCUT2D eigenvalue weighted by molar-refractivity contribution is 6.38. The Bertz CT molecular complexity index is 881. The Balaban J connectivity index is 1.37. The van der Waals surface area contributed by atoms with Crippen molar-refractivity contribution in [1.82, 2.24) is 20.7 Å². The molecule has 34 heavy (non-hydrogen) atoms. The Morgan fingerprint density at radius 2 is 1.68 bits per heavy atom. The third kappa shape index (κ3) is 5.94. The van der Waals surface area contributed by atoms with E-state index in [1.54, 1.807) is 4.90 Å². The molecule has 2 N–H and O–H groups in total. The first-order valence-electron chi connectivity index (χ1n) is 12.4. The highest BCUT2D eigenvalue weighted by atomic mass is 16.5. The minimum Gasteiger partial charge on any atom is -0.381 e. The number of benzene rings is 1. The molecule has 2 saturated heterocycles. The number of hydrogen-bond acceptors (Lipinski definition) is 5. The van der Waals surface area contributed by atoms with Crippen molar-refractivity contribution in [3.63, 3.8) is 0 Å². The highest BCUT2D eigenvalue weighted by Gasteiger charge is 2.38. The molecule has 9 heteroatoms. The van der Waals surface area contributed by atoms with Gasteiger partial charge in [0.2, 0.25) is 11.7 Å². The van der Waals surface area contributed by atoms with Gasteiger partial charge in [-0.05, 0) is 37.2 Å². The molecule has 1 aliphatic carbocycles. The Kier molecular flexibility index (Phi) is 8.16. The lowest BCUT2D eigenvalue weighted by molar-refractivity contribution is -0.144. The molecule has 1 aromatic rings. The molecule has 1 saturated carbocycles. The van der Waals surface area contributed by atoms with Gasteiger partial charge in [-0.15, -0.1) is 0 Å². The van der Waals surface area contributed by atoms with Crippen molar-refractivity contribution in [2.45, 2.75) is 57.5 Å². The maximum atomic E-state index is 13.2. The molecule has 9 nitrogen and oxygen atoms in total. The molecule has 0 bridgehead atoms. The second-order valence-corrected chi connectivity index (χ2v) is 9.42. The number of Topliss-reactive ketones (excluding diaryl/α,β-unsaturated/α-hetero) is 1. The number of ketones is 1. The largest absolute Gasteiger partial charge is 0.381 e. The van der Waals surface area contributed by atoms with Gasteiger partial charge < -0.3 is 15.0 Å². The summed E-state index contributed by atoms with van der Waals surface area (Å²) < 4.78 is 5.41. The van der Waals surface area contributed by atoms with E-state index < -0.39 is 17.7 Å². The molecule has 1 atom stereocenters. The number of nitrogens with one attached hydrogen (secondary N) is 2. The molecule has 4 amide bonds. The van der Waals surface area contributed by atoms with Crippen molar-refractivity contribution in [2.24, 2.45) is 11.8 Å². The van der Waals surface area contributed by atoms with Crippen LogP contribution in [-0.2, 0) is 25.7 Å². The van der Waals surface area contributed by atoms with Crippen molar-refractivity contribution in [3.8, 4) is 0 Å².